The predicted octanol–water partition coefficient (Wildman–Crippen LogP) is 3.67. The highest BCUT2D eigenvalue weighted by Crippen LogP contribution is 2.16. The minimum atomic E-state index is -0.447. The molecular weight excluding hydrogens is 416 g/mol. The van der Waals surface area contributed by atoms with Crippen molar-refractivity contribution in [2.24, 2.45) is 5.92 Å². The van der Waals surface area contributed by atoms with Gasteiger partial charge in [-0.25, -0.2) is 8.78 Å². The number of aromatic nitrogens is 4. The zero-order valence-electron chi connectivity index (χ0n) is 17.5. The second kappa shape index (κ2) is 8.70. The Morgan fingerprint density at radius 2 is 1.94 bits per heavy atom. The summed E-state index contributed by atoms with van der Waals surface area (Å²) in [6.45, 7) is 3.53. The Kier molecular flexibility index (Phi) is 5.81. The molecular formula is C23H21F2N5O2. The normalized spacial score (nSPS) is 12.1. The van der Waals surface area contributed by atoms with E-state index in [-0.39, 0.29) is 29.7 Å². The molecule has 0 radical (unpaired) electrons. The monoisotopic (exact) mass is 437 g/mol. The molecule has 32 heavy (non-hydrogen) atoms. The first-order chi connectivity index (χ1) is 15.3. The van der Waals surface area contributed by atoms with Crippen LogP contribution in [0.4, 0.5) is 14.5 Å². The topological polar surface area (TPSA) is 81.3 Å². The van der Waals surface area contributed by atoms with Crippen LogP contribution >= 0.6 is 0 Å². The first-order valence-electron chi connectivity index (χ1n) is 10.1. The highest BCUT2D eigenvalue weighted by molar-refractivity contribution is 5.90. The molecule has 9 heteroatoms. The number of amides is 1. The number of hydrogen-bond acceptors (Lipinski definition) is 4. The van der Waals surface area contributed by atoms with Gasteiger partial charge in [0.2, 0.25) is 11.6 Å². The van der Waals surface area contributed by atoms with Gasteiger partial charge < -0.3 is 5.32 Å². The van der Waals surface area contributed by atoms with Crippen LogP contribution in [0.1, 0.15) is 24.7 Å². The van der Waals surface area contributed by atoms with E-state index in [1.54, 1.807) is 35.7 Å². The Balaban J connectivity index is 1.48. The van der Waals surface area contributed by atoms with Crippen LogP contribution in [0.25, 0.3) is 11.3 Å². The molecule has 0 aliphatic carbocycles. The summed E-state index contributed by atoms with van der Waals surface area (Å²) >= 11 is 0. The molecule has 2 aromatic carbocycles. The summed E-state index contributed by atoms with van der Waals surface area (Å²) in [4.78, 5) is 25.1. The van der Waals surface area contributed by atoms with Crippen molar-refractivity contribution >= 4 is 17.2 Å². The molecule has 0 saturated carbocycles. The van der Waals surface area contributed by atoms with Gasteiger partial charge in [0, 0.05) is 30.9 Å². The average molecular weight is 437 g/mol. The van der Waals surface area contributed by atoms with Crippen LogP contribution in [0.3, 0.4) is 0 Å². The summed E-state index contributed by atoms with van der Waals surface area (Å²) in [7, 11) is 0. The number of aryl methyl sites for hydroxylation is 1. The lowest BCUT2D eigenvalue weighted by atomic mass is 10.0. The largest absolute Gasteiger partial charge is 0.326 e. The minimum Gasteiger partial charge on any atom is -0.326 e. The van der Waals surface area contributed by atoms with Crippen molar-refractivity contribution in [2.45, 2.75) is 26.7 Å². The fraction of sp³-hybridized carbons (Fsp3) is 0.217. The lowest BCUT2D eigenvalue weighted by Gasteiger charge is -2.11. The molecule has 0 bridgehead atoms. The third-order valence-corrected chi connectivity index (χ3v) is 5.15. The van der Waals surface area contributed by atoms with Gasteiger partial charge >= 0.3 is 5.56 Å². The number of benzene rings is 2. The van der Waals surface area contributed by atoms with Crippen molar-refractivity contribution in [3.8, 4) is 5.69 Å². The summed E-state index contributed by atoms with van der Waals surface area (Å²) in [5, 5.41) is 10.8. The van der Waals surface area contributed by atoms with Gasteiger partial charge in [-0.15, -0.1) is 10.2 Å². The molecule has 0 aliphatic heterocycles. The van der Waals surface area contributed by atoms with E-state index in [2.05, 4.69) is 15.5 Å². The molecule has 1 N–H and O–H groups in total. The van der Waals surface area contributed by atoms with Gasteiger partial charge in [-0.1, -0.05) is 19.1 Å². The van der Waals surface area contributed by atoms with Gasteiger partial charge in [-0.2, -0.15) is 0 Å². The molecule has 0 spiro atoms. The maximum atomic E-state index is 13.7. The molecule has 2 aromatic heterocycles. The van der Waals surface area contributed by atoms with Crippen LogP contribution in [-0.4, -0.2) is 25.1 Å². The molecule has 0 saturated heterocycles. The van der Waals surface area contributed by atoms with Crippen molar-refractivity contribution in [3.63, 3.8) is 0 Å². The van der Waals surface area contributed by atoms with E-state index in [4.69, 9.17) is 0 Å². The fourth-order valence-corrected chi connectivity index (χ4v) is 3.49. The van der Waals surface area contributed by atoms with Gasteiger partial charge in [-0.05, 0) is 48.7 Å². The zero-order valence-corrected chi connectivity index (χ0v) is 17.5. The summed E-state index contributed by atoms with van der Waals surface area (Å²) < 4.78 is 30.1. The minimum absolute atomic E-state index is 0.108. The Morgan fingerprint density at radius 1 is 1.12 bits per heavy atom. The van der Waals surface area contributed by atoms with Crippen LogP contribution in [0.15, 0.2) is 59.7 Å². The van der Waals surface area contributed by atoms with E-state index < -0.39 is 11.4 Å². The number of carbonyl (C=O) groups is 1. The quantitative estimate of drug-likeness (QED) is 0.499. The molecule has 0 aliphatic rings. The third kappa shape index (κ3) is 4.41. The van der Waals surface area contributed by atoms with E-state index in [1.165, 1.54) is 35.0 Å². The number of fused-ring (bicyclic) bond motifs is 1. The maximum Gasteiger partial charge on any atom is 0.300 e. The highest BCUT2D eigenvalue weighted by atomic mass is 19.1. The maximum absolute atomic E-state index is 13.7. The Hall–Kier alpha value is -3.88. The zero-order chi connectivity index (χ0) is 22.8. The number of nitrogens with zero attached hydrogens (tertiary/aromatic N) is 4. The molecule has 2 heterocycles. The summed E-state index contributed by atoms with van der Waals surface area (Å²) in [5.41, 5.74) is 0.976. The van der Waals surface area contributed by atoms with Crippen molar-refractivity contribution in [1.82, 2.24) is 19.2 Å². The molecule has 1 atom stereocenters. The van der Waals surface area contributed by atoms with E-state index in [1.807, 2.05) is 6.92 Å². The number of rotatable bonds is 6. The van der Waals surface area contributed by atoms with E-state index in [0.717, 1.165) is 0 Å². The first kappa shape index (κ1) is 21.4. The summed E-state index contributed by atoms with van der Waals surface area (Å²) in [5.74, 6) is -0.650. The molecule has 1 amide bonds. The number of carbonyl (C=O) groups excluding carboxylic acids is 1. The van der Waals surface area contributed by atoms with Crippen molar-refractivity contribution < 1.29 is 13.6 Å². The SMILES string of the molecule is Cc1ccc(NC(=O)C[C@@H](C)Cc2nnc3c(=O)n(-c4cccc(F)c4)ccn23)cc1F. The lowest BCUT2D eigenvalue weighted by Crippen LogP contribution is -2.21. The van der Waals surface area contributed by atoms with Gasteiger partial charge in [0.15, 0.2) is 0 Å². The Morgan fingerprint density at radius 3 is 2.69 bits per heavy atom. The standard InChI is InChI=1S/C23H21F2N5O2/c1-14(11-21(31)26-17-7-6-15(2)19(25)13-17)10-20-27-28-22-23(32)29(8-9-30(20)22)18-5-3-4-16(24)12-18/h3-9,12-14H,10-11H2,1-2H3,(H,26,31)/t14-/m0/s1. The summed E-state index contributed by atoms with van der Waals surface area (Å²) in [6, 6.07) is 10.2. The van der Waals surface area contributed by atoms with Crippen LogP contribution in [0.2, 0.25) is 0 Å². The Labute approximate surface area is 182 Å². The van der Waals surface area contributed by atoms with Crippen LogP contribution < -0.4 is 10.9 Å². The second-order valence-electron chi connectivity index (χ2n) is 7.79. The van der Waals surface area contributed by atoms with Gasteiger partial charge in [0.25, 0.3) is 0 Å². The van der Waals surface area contributed by atoms with Crippen molar-refractivity contribution in [2.75, 3.05) is 5.32 Å². The van der Waals surface area contributed by atoms with E-state index in [0.29, 0.717) is 29.2 Å². The van der Waals surface area contributed by atoms with E-state index >= 15 is 0 Å². The Bertz CT molecular complexity index is 1360. The fourth-order valence-electron chi connectivity index (χ4n) is 3.49. The molecule has 164 valence electrons. The smallest absolute Gasteiger partial charge is 0.300 e. The molecule has 7 nitrogen and oxygen atoms in total. The van der Waals surface area contributed by atoms with Crippen molar-refractivity contribution in [3.05, 3.63) is 88.2 Å². The predicted molar refractivity (Wildman–Crippen MR) is 116 cm³/mol. The van der Waals surface area contributed by atoms with E-state index in [9.17, 15) is 18.4 Å². The average Bonchev–Trinajstić information content (AvgIpc) is 3.14. The highest BCUT2D eigenvalue weighted by Gasteiger charge is 2.17. The van der Waals surface area contributed by atoms with Crippen LogP contribution in [0, 0.1) is 24.5 Å². The van der Waals surface area contributed by atoms with Gasteiger partial charge in [0.1, 0.15) is 17.5 Å². The first-order valence-corrected chi connectivity index (χ1v) is 10.1. The molecule has 4 rings (SSSR count). The molecule has 0 fully saturated rings. The van der Waals surface area contributed by atoms with Crippen LogP contribution in [0.5, 0.6) is 0 Å². The number of anilines is 1. The van der Waals surface area contributed by atoms with Gasteiger partial charge in [-0.3, -0.25) is 18.6 Å². The molecule has 4 aromatic rings. The lowest BCUT2D eigenvalue weighted by molar-refractivity contribution is -0.116. The number of hydrogen-bond donors (Lipinski definition) is 1. The van der Waals surface area contributed by atoms with Gasteiger partial charge in [0.05, 0.1) is 5.69 Å². The van der Waals surface area contributed by atoms with Crippen LogP contribution in [-0.2, 0) is 11.2 Å². The number of nitrogens with one attached hydrogen (secondary N) is 1. The molecule has 0 unspecified atom stereocenters. The summed E-state index contributed by atoms with van der Waals surface area (Å²) in [6.07, 6.45) is 3.75. The second-order valence-corrected chi connectivity index (χ2v) is 7.79. The number of halogens is 2. The van der Waals surface area contributed by atoms with Crippen molar-refractivity contribution in [1.29, 1.82) is 0 Å². The third-order valence-electron chi connectivity index (χ3n) is 5.15.